The molecule has 0 N–H and O–H groups in total. The van der Waals surface area contributed by atoms with E-state index >= 15 is 0 Å². The van der Waals surface area contributed by atoms with Crippen LogP contribution < -0.4 is 9.47 Å². The van der Waals surface area contributed by atoms with E-state index in [2.05, 4.69) is 9.98 Å². The Kier molecular flexibility index (Phi) is 12.3. The lowest BCUT2D eigenvalue weighted by molar-refractivity contribution is -0.150. The minimum Gasteiger partial charge on any atom is -0.494 e. The van der Waals surface area contributed by atoms with E-state index in [0.29, 0.717) is 52.5 Å². The van der Waals surface area contributed by atoms with Gasteiger partial charge in [-0.2, -0.15) is 15.5 Å². The standard InChI is InChI=1S/C26H21Cl2NO4.C10H11ClN4/c1-2-31-20-13-11-19(12-14-20)25(17-26(25,27)28)24(30)33-23(16-29)18-7-6-10-22(15-18)32-21-8-4-3-5-9-21;1-8(14-7-12)15(2)6-9-3-4-10(11)13-5-9/h3-15,23H,2,17H2,1H3;3-5H,6H2,1-2H3/b;14-8+. The fourth-order valence-electron chi connectivity index (χ4n) is 4.73. The molecule has 0 spiro atoms. The van der Waals surface area contributed by atoms with Crippen LogP contribution >= 0.6 is 34.8 Å². The summed E-state index contributed by atoms with van der Waals surface area (Å²) in [5.41, 5.74) is 0.860. The summed E-state index contributed by atoms with van der Waals surface area (Å²) in [6, 6.07) is 28.8. The number of para-hydroxylation sites is 1. The summed E-state index contributed by atoms with van der Waals surface area (Å²) in [7, 11) is 1.87. The number of pyridine rings is 1. The van der Waals surface area contributed by atoms with Crippen molar-refractivity contribution in [2.24, 2.45) is 4.99 Å². The molecule has 0 aliphatic heterocycles. The van der Waals surface area contributed by atoms with Crippen LogP contribution in [-0.2, 0) is 21.5 Å². The second-order valence-corrected chi connectivity index (χ2v) is 12.6. The molecule has 12 heteroatoms. The van der Waals surface area contributed by atoms with Gasteiger partial charge in [-0.1, -0.05) is 83.3 Å². The topological polar surface area (TPSA) is 121 Å². The molecular weight excluding hydrogens is 673 g/mol. The van der Waals surface area contributed by atoms with Gasteiger partial charge in [-0.3, -0.25) is 4.79 Å². The van der Waals surface area contributed by atoms with Gasteiger partial charge in [0.25, 0.3) is 0 Å². The third kappa shape index (κ3) is 8.96. The molecule has 48 heavy (non-hydrogen) atoms. The Morgan fingerprint density at radius 2 is 1.69 bits per heavy atom. The van der Waals surface area contributed by atoms with Crippen molar-refractivity contribution in [3.05, 3.63) is 119 Å². The summed E-state index contributed by atoms with van der Waals surface area (Å²) in [4.78, 5) is 22.7. The molecule has 246 valence electrons. The highest BCUT2D eigenvalue weighted by Crippen LogP contribution is 2.65. The monoisotopic (exact) mass is 703 g/mol. The van der Waals surface area contributed by atoms with Crippen molar-refractivity contribution in [1.29, 1.82) is 10.5 Å². The van der Waals surface area contributed by atoms with Gasteiger partial charge in [0.2, 0.25) is 12.3 Å². The van der Waals surface area contributed by atoms with E-state index in [4.69, 9.17) is 54.3 Å². The van der Waals surface area contributed by atoms with Crippen LogP contribution in [0, 0.1) is 22.8 Å². The third-order valence-corrected chi connectivity index (χ3v) is 8.58. The highest BCUT2D eigenvalue weighted by atomic mass is 35.5. The van der Waals surface area contributed by atoms with Crippen LogP contribution in [0.15, 0.2) is 102 Å². The van der Waals surface area contributed by atoms with E-state index in [1.165, 1.54) is 0 Å². The number of rotatable bonds is 10. The van der Waals surface area contributed by atoms with E-state index in [-0.39, 0.29) is 6.42 Å². The molecule has 4 aromatic rings. The number of hydrogen-bond donors (Lipinski definition) is 0. The maximum absolute atomic E-state index is 13.3. The zero-order valence-electron chi connectivity index (χ0n) is 26.4. The second kappa shape index (κ2) is 16.3. The number of aliphatic imine (C=N–C) groups is 1. The number of alkyl halides is 2. The molecule has 5 rings (SSSR count). The molecular formula is C36H32Cl3N5O4. The number of nitrogens with zero attached hydrogens (tertiary/aromatic N) is 5. The Morgan fingerprint density at radius 1 is 1.00 bits per heavy atom. The van der Waals surface area contributed by atoms with Crippen LogP contribution in [-0.4, -0.2) is 39.7 Å². The number of halogens is 3. The minimum absolute atomic E-state index is 0.186. The molecule has 0 bridgehead atoms. The molecule has 0 radical (unpaired) electrons. The first-order valence-corrected chi connectivity index (χ1v) is 16.0. The van der Waals surface area contributed by atoms with Crippen LogP contribution in [0.25, 0.3) is 0 Å². The van der Waals surface area contributed by atoms with Crippen LogP contribution in [0.1, 0.15) is 43.1 Å². The van der Waals surface area contributed by atoms with Crippen molar-refractivity contribution in [2.45, 2.75) is 42.7 Å². The van der Waals surface area contributed by atoms with E-state index in [9.17, 15) is 10.1 Å². The van der Waals surface area contributed by atoms with E-state index < -0.39 is 21.8 Å². The van der Waals surface area contributed by atoms with Crippen molar-refractivity contribution in [2.75, 3.05) is 13.7 Å². The van der Waals surface area contributed by atoms with Gasteiger partial charge in [0.05, 0.1) is 6.61 Å². The molecule has 0 amide bonds. The first-order chi connectivity index (χ1) is 23.0. The lowest BCUT2D eigenvalue weighted by Gasteiger charge is -2.20. The maximum atomic E-state index is 13.3. The van der Waals surface area contributed by atoms with Crippen molar-refractivity contribution in [3.8, 4) is 29.5 Å². The largest absolute Gasteiger partial charge is 0.494 e. The van der Waals surface area contributed by atoms with Crippen molar-refractivity contribution in [3.63, 3.8) is 0 Å². The van der Waals surface area contributed by atoms with Crippen molar-refractivity contribution >= 4 is 46.6 Å². The van der Waals surface area contributed by atoms with Gasteiger partial charge in [-0.25, -0.2) is 4.98 Å². The molecule has 1 fully saturated rings. The van der Waals surface area contributed by atoms with Crippen LogP contribution in [0.5, 0.6) is 17.2 Å². The average Bonchev–Trinajstić information content (AvgIpc) is 3.68. The summed E-state index contributed by atoms with van der Waals surface area (Å²) in [6.45, 7) is 4.85. The van der Waals surface area contributed by atoms with Gasteiger partial charge in [-0.15, -0.1) is 0 Å². The smallest absolute Gasteiger partial charge is 0.321 e. The lowest BCUT2D eigenvalue weighted by atomic mass is 9.95. The number of carbonyl (C=O) groups excluding carboxylic acids is 1. The van der Waals surface area contributed by atoms with E-state index in [1.807, 2.05) is 61.3 Å². The molecule has 1 saturated carbocycles. The van der Waals surface area contributed by atoms with Gasteiger partial charge in [0.15, 0.2) is 0 Å². The number of carbonyl (C=O) groups is 1. The van der Waals surface area contributed by atoms with Crippen LogP contribution in [0.2, 0.25) is 5.15 Å². The fourth-order valence-corrected chi connectivity index (χ4v) is 5.62. The Balaban J connectivity index is 0.000000291. The molecule has 1 heterocycles. The Labute approximate surface area is 294 Å². The first-order valence-electron chi connectivity index (χ1n) is 14.8. The number of ether oxygens (including phenoxy) is 3. The number of nitriles is 2. The van der Waals surface area contributed by atoms with Crippen LogP contribution in [0.3, 0.4) is 0 Å². The Hall–Kier alpha value is -4.80. The minimum atomic E-state index is -1.32. The molecule has 0 saturated heterocycles. The van der Waals surface area contributed by atoms with Crippen molar-refractivity contribution in [1.82, 2.24) is 9.88 Å². The Morgan fingerprint density at radius 3 is 2.27 bits per heavy atom. The van der Waals surface area contributed by atoms with E-state index in [1.54, 1.807) is 73.9 Å². The summed E-state index contributed by atoms with van der Waals surface area (Å²) < 4.78 is 15.6. The molecule has 1 aromatic heterocycles. The summed E-state index contributed by atoms with van der Waals surface area (Å²) in [6.07, 6.45) is 2.49. The SMILES string of the molecule is C/C(=N\C#N)N(C)Cc1ccc(Cl)nc1.CCOc1ccc(C2(C(=O)OC(C#N)c3cccc(Oc4ccccc4)c3)CC2(Cl)Cl)cc1. The van der Waals surface area contributed by atoms with E-state index in [0.717, 1.165) is 5.56 Å². The number of hydrogen-bond acceptors (Lipinski definition) is 8. The molecule has 3 aromatic carbocycles. The van der Waals surface area contributed by atoms with Gasteiger partial charge in [0.1, 0.15) is 44.1 Å². The lowest BCUT2D eigenvalue weighted by Crippen LogP contribution is -2.30. The maximum Gasteiger partial charge on any atom is 0.321 e. The average molecular weight is 705 g/mol. The molecule has 9 nitrogen and oxygen atoms in total. The molecule has 1 aliphatic rings. The normalized spacial score (nSPS) is 16.5. The first kappa shape index (κ1) is 36.0. The van der Waals surface area contributed by atoms with Gasteiger partial charge < -0.3 is 19.1 Å². The summed E-state index contributed by atoms with van der Waals surface area (Å²) in [5.74, 6) is 1.86. The zero-order chi connectivity index (χ0) is 34.7. The van der Waals surface area contributed by atoms with Gasteiger partial charge >= 0.3 is 5.97 Å². The number of amidine groups is 1. The third-order valence-electron chi connectivity index (χ3n) is 7.45. The molecule has 2 unspecified atom stereocenters. The predicted molar refractivity (Wildman–Crippen MR) is 185 cm³/mol. The Bertz CT molecular complexity index is 1810. The quantitative estimate of drug-likeness (QED) is 0.0402. The molecule has 2 atom stereocenters. The number of aromatic nitrogens is 1. The van der Waals surface area contributed by atoms with Gasteiger partial charge in [-0.05, 0) is 67.4 Å². The molecule has 1 aliphatic carbocycles. The fraction of sp³-hybridized carbons (Fsp3) is 0.250. The highest BCUT2D eigenvalue weighted by Gasteiger charge is 2.73. The summed E-state index contributed by atoms with van der Waals surface area (Å²) in [5, 5.41) is 18.6. The highest BCUT2D eigenvalue weighted by molar-refractivity contribution is 6.54. The number of benzene rings is 3. The van der Waals surface area contributed by atoms with Gasteiger partial charge in [0, 0.05) is 31.8 Å². The number of esters is 1. The second-order valence-electron chi connectivity index (χ2n) is 10.8. The zero-order valence-corrected chi connectivity index (χ0v) is 28.7. The van der Waals surface area contributed by atoms with Crippen molar-refractivity contribution < 1.29 is 19.0 Å². The van der Waals surface area contributed by atoms with Crippen LogP contribution in [0.4, 0.5) is 0 Å². The summed E-state index contributed by atoms with van der Waals surface area (Å²) >= 11 is 18.5. The predicted octanol–water partition coefficient (Wildman–Crippen LogP) is 8.57.